The summed E-state index contributed by atoms with van der Waals surface area (Å²) in [6.45, 7) is 9.94. The Kier molecular flexibility index (Phi) is 3.74. The molecule has 0 aromatic carbocycles. The van der Waals surface area contributed by atoms with E-state index in [9.17, 15) is 0 Å². The first-order valence-electron chi connectivity index (χ1n) is 8.51. The standard InChI is InChI=1S/C17H22N8/c1-17(2,3)16-21-20-13-4-5-14(22-25(13)16)23-8-10-24(11-9-23)15-12-18-6-7-19-15/h4-7,12H,8-11H2,1-3H3. The molecule has 3 aromatic rings. The minimum atomic E-state index is -0.101. The Balaban J connectivity index is 1.55. The molecule has 8 heteroatoms. The number of anilines is 2. The highest BCUT2D eigenvalue weighted by Gasteiger charge is 2.24. The largest absolute Gasteiger partial charge is 0.352 e. The number of rotatable bonds is 2. The molecular weight excluding hydrogens is 316 g/mol. The Morgan fingerprint density at radius 3 is 2.24 bits per heavy atom. The average molecular weight is 338 g/mol. The van der Waals surface area contributed by atoms with Gasteiger partial charge in [0.15, 0.2) is 11.5 Å². The van der Waals surface area contributed by atoms with Crippen LogP contribution in [-0.4, -0.2) is 56.0 Å². The van der Waals surface area contributed by atoms with Crippen LogP contribution in [0.25, 0.3) is 5.65 Å². The fourth-order valence-electron chi connectivity index (χ4n) is 3.03. The Labute approximate surface area is 146 Å². The highest BCUT2D eigenvalue weighted by molar-refractivity contribution is 5.48. The Morgan fingerprint density at radius 2 is 1.60 bits per heavy atom. The molecule has 8 nitrogen and oxygen atoms in total. The van der Waals surface area contributed by atoms with Crippen LogP contribution >= 0.6 is 0 Å². The molecule has 1 fully saturated rings. The lowest BCUT2D eigenvalue weighted by Crippen LogP contribution is -2.47. The lowest BCUT2D eigenvalue weighted by molar-refractivity contribution is 0.525. The third-order valence-corrected chi connectivity index (χ3v) is 4.40. The van der Waals surface area contributed by atoms with Crippen LogP contribution in [0.5, 0.6) is 0 Å². The number of hydrogen-bond acceptors (Lipinski definition) is 7. The van der Waals surface area contributed by atoms with Crippen LogP contribution in [0.4, 0.5) is 11.6 Å². The first-order chi connectivity index (χ1) is 12.0. The fraction of sp³-hybridized carbons (Fsp3) is 0.471. The summed E-state index contributed by atoms with van der Waals surface area (Å²) in [5.74, 6) is 2.76. The first kappa shape index (κ1) is 15.7. The molecule has 4 rings (SSSR count). The molecule has 0 amide bonds. The first-order valence-corrected chi connectivity index (χ1v) is 8.51. The van der Waals surface area contributed by atoms with Gasteiger partial charge in [-0.3, -0.25) is 4.98 Å². The van der Waals surface area contributed by atoms with Gasteiger partial charge in [-0.05, 0) is 12.1 Å². The highest BCUT2D eigenvalue weighted by atomic mass is 15.4. The summed E-state index contributed by atoms with van der Waals surface area (Å²) in [5.41, 5.74) is 0.683. The van der Waals surface area contributed by atoms with Gasteiger partial charge in [0.25, 0.3) is 0 Å². The average Bonchev–Trinajstić information content (AvgIpc) is 3.06. The van der Waals surface area contributed by atoms with Crippen molar-refractivity contribution in [2.75, 3.05) is 36.0 Å². The lowest BCUT2D eigenvalue weighted by atomic mass is 9.96. The molecule has 0 aliphatic carbocycles. The zero-order valence-electron chi connectivity index (χ0n) is 14.8. The van der Waals surface area contributed by atoms with E-state index in [1.807, 2.05) is 22.8 Å². The van der Waals surface area contributed by atoms with E-state index in [4.69, 9.17) is 5.10 Å². The van der Waals surface area contributed by atoms with Crippen LogP contribution in [0.3, 0.4) is 0 Å². The number of piperazine rings is 1. The van der Waals surface area contributed by atoms with E-state index < -0.39 is 0 Å². The van der Waals surface area contributed by atoms with Gasteiger partial charge in [0.1, 0.15) is 11.6 Å². The molecule has 0 bridgehead atoms. The third kappa shape index (κ3) is 2.99. The maximum absolute atomic E-state index is 4.79. The van der Waals surface area contributed by atoms with Crippen molar-refractivity contribution >= 4 is 17.3 Å². The van der Waals surface area contributed by atoms with Crippen molar-refractivity contribution in [2.24, 2.45) is 0 Å². The van der Waals surface area contributed by atoms with Crippen molar-refractivity contribution in [1.29, 1.82) is 0 Å². The van der Waals surface area contributed by atoms with Crippen LogP contribution in [0.1, 0.15) is 26.6 Å². The van der Waals surface area contributed by atoms with Crippen LogP contribution in [-0.2, 0) is 5.41 Å². The molecule has 130 valence electrons. The minimum absolute atomic E-state index is 0.101. The Morgan fingerprint density at radius 1 is 0.880 bits per heavy atom. The van der Waals surface area contributed by atoms with Gasteiger partial charge in [0.05, 0.1) is 6.20 Å². The van der Waals surface area contributed by atoms with Gasteiger partial charge in [0, 0.05) is 44.0 Å². The summed E-state index contributed by atoms with van der Waals surface area (Å²) in [7, 11) is 0. The van der Waals surface area contributed by atoms with E-state index in [0.29, 0.717) is 0 Å². The molecule has 0 unspecified atom stereocenters. The van der Waals surface area contributed by atoms with E-state index in [-0.39, 0.29) is 5.41 Å². The second-order valence-electron chi connectivity index (χ2n) is 7.27. The smallest absolute Gasteiger partial charge is 0.178 e. The quantitative estimate of drug-likeness (QED) is 0.701. The van der Waals surface area contributed by atoms with Gasteiger partial charge in [-0.1, -0.05) is 20.8 Å². The van der Waals surface area contributed by atoms with Crippen LogP contribution in [0.15, 0.2) is 30.7 Å². The van der Waals surface area contributed by atoms with Gasteiger partial charge in [-0.25, -0.2) is 4.98 Å². The van der Waals surface area contributed by atoms with Crippen molar-refractivity contribution < 1.29 is 0 Å². The topological polar surface area (TPSA) is 75.3 Å². The molecular formula is C17H22N8. The van der Waals surface area contributed by atoms with Crippen molar-refractivity contribution in [3.63, 3.8) is 0 Å². The minimum Gasteiger partial charge on any atom is -0.352 e. The molecule has 1 saturated heterocycles. The number of hydrogen-bond donors (Lipinski definition) is 0. The predicted octanol–water partition coefficient (Wildman–Crippen LogP) is 1.54. The summed E-state index contributed by atoms with van der Waals surface area (Å²) in [4.78, 5) is 13.1. The van der Waals surface area contributed by atoms with Crippen LogP contribution in [0.2, 0.25) is 0 Å². The Bertz CT molecular complexity index is 859. The molecule has 0 atom stereocenters. The van der Waals surface area contributed by atoms with Crippen molar-refractivity contribution in [3.05, 3.63) is 36.5 Å². The van der Waals surface area contributed by atoms with Crippen molar-refractivity contribution in [2.45, 2.75) is 26.2 Å². The van der Waals surface area contributed by atoms with Gasteiger partial charge in [-0.2, -0.15) is 4.52 Å². The van der Waals surface area contributed by atoms with E-state index in [0.717, 1.165) is 49.3 Å². The zero-order valence-corrected chi connectivity index (χ0v) is 14.8. The van der Waals surface area contributed by atoms with Crippen molar-refractivity contribution in [3.8, 4) is 0 Å². The maximum atomic E-state index is 4.79. The van der Waals surface area contributed by atoms with E-state index in [1.165, 1.54) is 0 Å². The van der Waals surface area contributed by atoms with Gasteiger partial charge in [0.2, 0.25) is 0 Å². The summed E-state index contributed by atoms with van der Waals surface area (Å²) in [5, 5.41) is 13.3. The SMILES string of the molecule is CC(C)(C)c1nnc2ccc(N3CCN(c4cnccn4)CC3)nn12. The molecule has 4 heterocycles. The van der Waals surface area contributed by atoms with E-state index >= 15 is 0 Å². The molecule has 0 radical (unpaired) electrons. The monoisotopic (exact) mass is 338 g/mol. The third-order valence-electron chi connectivity index (χ3n) is 4.40. The summed E-state index contributed by atoms with van der Waals surface area (Å²) in [6, 6.07) is 4.01. The summed E-state index contributed by atoms with van der Waals surface area (Å²) in [6.07, 6.45) is 5.24. The number of aromatic nitrogens is 6. The normalized spacial score (nSPS) is 15.8. The number of fused-ring (bicyclic) bond motifs is 1. The van der Waals surface area contributed by atoms with Gasteiger partial charge >= 0.3 is 0 Å². The zero-order chi connectivity index (χ0) is 17.4. The molecule has 0 saturated carbocycles. The second kappa shape index (κ2) is 5.94. The molecule has 0 N–H and O–H groups in total. The number of nitrogens with zero attached hydrogens (tertiary/aromatic N) is 8. The molecule has 3 aromatic heterocycles. The molecule has 25 heavy (non-hydrogen) atoms. The van der Waals surface area contributed by atoms with Crippen LogP contribution in [0, 0.1) is 0 Å². The Hall–Kier alpha value is -2.77. The lowest BCUT2D eigenvalue weighted by Gasteiger charge is -2.35. The highest BCUT2D eigenvalue weighted by Crippen LogP contribution is 2.22. The van der Waals surface area contributed by atoms with Crippen molar-refractivity contribution in [1.82, 2.24) is 29.8 Å². The summed E-state index contributed by atoms with van der Waals surface area (Å²) < 4.78 is 1.87. The second-order valence-corrected chi connectivity index (χ2v) is 7.27. The van der Waals surface area contributed by atoms with Gasteiger partial charge < -0.3 is 9.80 Å². The summed E-state index contributed by atoms with van der Waals surface area (Å²) >= 11 is 0. The predicted molar refractivity (Wildman–Crippen MR) is 95.9 cm³/mol. The van der Waals surface area contributed by atoms with E-state index in [2.05, 4.69) is 50.7 Å². The molecule has 1 aliphatic rings. The molecule has 0 spiro atoms. The maximum Gasteiger partial charge on any atom is 0.178 e. The van der Waals surface area contributed by atoms with Crippen LogP contribution < -0.4 is 9.80 Å². The van der Waals surface area contributed by atoms with E-state index in [1.54, 1.807) is 12.4 Å². The molecule has 1 aliphatic heterocycles. The van der Waals surface area contributed by atoms with Gasteiger partial charge in [-0.15, -0.1) is 15.3 Å². The fourth-order valence-corrected chi connectivity index (χ4v) is 3.03.